The lowest BCUT2D eigenvalue weighted by molar-refractivity contribution is -0.132. The second-order valence-electron chi connectivity index (χ2n) is 11.8. The Morgan fingerprint density at radius 2 is 1.52 bits per heavy atom. The minimum absolute atomic E-state index is 0.000232. The summed E-state index contributed by atoms with van der Waals surface area (Å²) in [4.78, 5) is 69.9. The first kappa shape index (κ1) is 36.5. The molecular formula is C28H50N8O6. The highest BCUT2D eigenvalue weighted by Gasteiger charge is 2.30. The number of aliphatic hydroxyl groups is 1. The predicted octanol–water partition coefficient (Wildman–Crippen LogP) is -0.905. The Morgan fingerprint density at radius 1 is 0.905 bits per heavy atom. The number of imidazole rings is 1. The van der Waals surface area contributed by atoms with E-state index in [0.717, 1.165) is 0 Å². The molecule has 1 rings (SSSR count). The molecule has 0 saturated heterocycles. The third kappa shape index (κ3) is 13.4. The Balaban J connectivity index is 2.97. The van der Waals surface area contributed by atoms with Gasteiger partial charge in [0.15, 0.2) is 0 Å². The number of aliphatic hydroxyl groups excluding tert-OH is 1. The smallest absolute Gasteiger partial charge is 0.243 e. The van der Waals surface area contributed by atoms with Gasteiger partial charge in [-0.25, -0.2) is 4.98 Å². The number of primary amides is 1. The van der Waals surface area contributed by atoms with Gasteiger partial charge in [0.25, 0.3) is 0 Å². The average Bonchev–Trinajstić information content (AvgIpc) is 3.39. The van der Waals surface area contributed by atoms with Gasteiger partial charge in [-0.1, -0.05) is 41.5 Å². The fourth-order valence-corrected chi connectivity index (χ4v) is 4.52. The molecule has 42 heavy (non-hydrogen) atoms. The van der Waals surface area contributed by atoms with Crippen LogP contribution in [0.1, 0.15) is 66.5 Å². The quantitative estimate of drug-likeness (QED) is 0.1000. The van der Waals surface area contributed by atoms with E-state index in [1.807, 2.05) is 41.5 Å². The van der Waals surface area contributed by atoms with Gasteiger partial charge in [0.1, 0.15) is 12.1 Å². The van der Waals surface area contributed by atoms with Gasteiger partial charge in [-0.15, -0.1) is 0 Å². The number of carbonyl (C=O) groups is 5. The molecule has 1 aromatic rings. The lowest BCUT2D eigenvalue weighted by Crippen LogP contribution is -2.56. The summed E-state index contributed by atoms with van der Waals surface area (Å²) in [5.74, 6) is -2.60. The summed E-state index contributed by atoms with van der Waals surface area (Å²) in [6.45, 7) is 11.0. The van der Waals surface area contributed by atoms with Gasteiger partial charge in [-0.3, -0.25) is 24.0 Å². The molecule has 0 aromatic carbocycles. The summed E-state index contributed by atoms with van der Waals surface area (Å²) < 4.78 is 0. The van der Waals surface area contributed by atoms with Crippen LogP contribution in [0.25, 0.3) is 0 Å². The molecule has 5 atom stereocenters. The summed E-state index contributed by atoms with van der Waals surface area (Å²) in [5.41, 5.74) is 6.00. The van der Waals surface area contributed by atoms with Crippen molar-refractivity contribution in [2.24, 2.45) is 23.5 Å². The summed E-state index contributed by atoms with van der Waals surface area (Å²) in [6.07, 6.45) is 2.08. The number of nitrogens with two attached hydrogens (primary N) is 1. The van der Waals surface area contributed by atoms with Crippen molar-refractivity contribution in [3.8, 4) is 0 Å². The minimum Gasteiger partial charge on any atom is -0.390 e. The van der Waals surface area contributed by atoms with Gasteiger partial charge >= 0.3 is 0 Å². The summed E-state index contributed by atoms with van der Waals surface area (Å²) in [7, 11) is 1.66. The van der Waals surface area contributed by atoms with Crippen molar-refractivity contribution in [2.45, 2.75) is 97.5 Å². The fourth-order valence-electron chi connectivity index (χ4n) is 4.52. The molecule has 0 saturated carbocycles. The first-order valence-corrected chi connectivity index (χ1v) is 14.4. The molecule has 0 unspecified atom stereocenters. The molecule has 5 amide bonds. The monoisotopic (exact) mass is 594 g/mol. The first-order chi connectivity index (χ1) is 19.6. The number of nitrogens with zero attached hydrogens (tertiary/aromatic N) is 1. The normalized spacial score (nSPS) is 15.0. The van der Waals surface area contributed by atoms with Crippen LogP contribution in [0.2, 0.25) is 0 Å². The maximum Gasteiger partial charge on any atom is 0.243 e. The van der Waals surface area contributed by atoms with Crippen molar-refractivity contribution in [3.63, 3.8) is 0 Å². The van der Waals surface area contributed by atoms with E-state index in [9.17, 15) is 29.1 Å². The standard InChI is InChI=1S/C28H50N8O6/c1-15(2)8-19(22(37)11-23(38)34-20(26(29)40)9-16(3)4)36-27(41)21(10-18-12-31-14-33-18)35-24(39)13-32-28(42)25(30-7)17(5)6/h12,14-17,19-22,25,30,37H,8-11,13H2,1-7H3,(H2,29,40)(H,31,33)(H,32,42)(H,34,38)(H,35,39)(H,36,41)/t19-,20-,21-,22-,25-/m0/s1. The largest absolute Gasteiger partial charge is 0.390 e. The number of amides is 5. The molecule has 14 nitrogen and oxygen atoms in total. The molecule has 9 N–H and O–H groups in total. The number of nitrogens with one attached hydrogen (secondary N) is 6. The Kier molecular flexibility index (Phi) is 15.7. The SMILES string of the molecule is CN[C@H](C(=O)NCC(=O)N[C@@H](Cc1cnc[nH]1)C(=O)N[C@@H](CC(C)C)[C@@H](O)CC(=O)N[C@@H](CC(C)C)C(N)=O)C(C)C. The van der Waals surface area contributed by atoms with Gasteiger partial charge in [-0.2, -0.15) is 0 Å². The predicted molar refractivity (Wildman–Crippen MR) is 158 cm³/mol. The molecule has 0 aliphatic carbocycles. The lowest BCUT2D eigenvalue weighted by atomic mass is 9.96. The van der Waals surface area contributed by atoms with Crippen molar-refractivity contribution in [3.05, 3.63) is 18.2 Å². The van der Waals surface area contributed by atoms with Crippen LogP contribution in [0.15, 0.2) is 12.5 Å². The molecular weight excluding hydrogens is 544 g/mol. The molecule has 0 spiro atoms. The maximum atomic E-state index is 13.4. The van der Waals surface area contributed by atoms with Crippen LogP contribution in [-0.2, 0) is 30.4 Å². The third-order valence-corrected chi connectivity index (χ3v) is 6.61. The molecule has 0 fully saturated rings. The van der Waals surface area contributed by atoms with E-state index < -0.39 is 53.9 Å². The van der Waals surface area contributed by atoms with E-state index in [0.29, 0.717) is 18.5 Å². The first-order valence-electron chi connectivity index (χ1n) is 14.4. The molecule has 0 bridgehead atoms. The van der Waals surface area contributed by atoms with Crippen molar-refractivity contribution >= 4 is 29.5 Å². The summed E-state index contributed by atoms with van der Waals surface area (Å²) in [5, 5.41) is 24.4. The topological polar surface area (TPSA) is 220 Å². The van der Waals surface area contributed by atoms with E-state index in [2.05, 4.69) is 36.6 Å². The second kappa shape index (κ2) is 18.1. The Morgan fingerprint density at radius 3 is 2.02 bits per heavy atom. The van der Waals surface area contributed by atoms with Crippen molar-refractivity contribution in [2.75, 3.05) is 13.6 Å². The van der Waals surface area contributed by atoms with Gasteiger partial charge in [0.2, 0.25) is 29.5 Å². The van der Waals surface area contributed by atoms with E-state index in [1.54, 1.807) is 7.05 Å². The lowest BCUT2D eigenvalue weighted by Gasteiger charge is -2.28. The highest BCUT2D eigenvalue weighted by molar-refractivity contribution is 5.91. The fraction of sp³-hybridized carbons (Fsp3) is 0.714. The number of hydrogen-bond acceptors (Lipinski definition) is 8. The van der Waals surface area contributed by atoms with Crippen LogP contribution in [-0.4, -0.2) is 88.5 Å². The van der Waals surface area contributed by atoms with Crippen LogP contribution in [0.3, 0.4) is 0 Å². The molecule has 1 aromatic heterocycles. The van der Waals surface area contributed by atoms with Gasteiger partial charge in [-0.05, 0) is 37.6 Å². The van der Waals surface area contributed by atoms with Crippen LogP contribution >= 0.6 is 0 Å². The zero-order valence-electron chi connectivity index (χ0n) is 25.8. The van der Waals surface area contributed by atoms with Crippen molar-refractivity contribution < 1.29 is 29.1 Å². The molecule has 0 radical (unpaired) electrons. The van der Waals surface area contributed by atoms with E-state index in [1.165, 1.54) is 12.5 Å². The maximum absolute atomic E-state index is 13.4. The zero-order valence-corrected chi connectivity index (χ0v) is 25.8. The van der Waals surface area contributed by atoms with Crippen molar-refractivity contribution in [1.29, 1.82) is 0 Å². The summed E-state index contributed by atoms with van der Waals surface area (Å²) >= 11 is 0. The Bertz CT molecular complexity index is 1010. The van der Waals surface area contributed by atoms with Crippen LogP contribution < -0.4 is 32.3 Å². The van der Waals surface area contributed by atoms with E-state index in [4.69, 9.17) is 5.73 Å². The number of aromatic nitrogens is 2. The number of hydrogen-bond donors (Lipinski definition) is 8. The number of H-pyrrole nitrogens is 1. The average molecular weight is 595 g/mol. The van der Waals surface area contributed by atoms with Gasteiger partial charge in [0.05, 0.1) is 37.5 Å². The number of carbonyl (C=O) groups excluding carboxylic acids is 5. The molecule has 14 heteroatoms. The molecule has 0 aliphatic heterocycles. The van der Waals surface area contributed by atoms with Gasteiger partial charge in [0, 0.05) is 18.3 Å². The summed E-state index contributed by atoms with van der Waals surface area (Å²) in [6, 6.07) is -3.26. The van der Waals surface area contributed by atoms with Crippen LogP contribution in [0.5, 0.6) is 0 Å². The van der Waals surface area contributed by atoms with E-state index >= 15 is 0 Å². The van der Waals surface area contributed by atoms with Gasteiger partial charge < -0.3 is 42.4 Å². The Labute approximate surface area is 248 Å². The Hall–Kier alpha value is -3.52. The van der Waals surface area contributed by atoms with E-state index in [-0.39, 0.29) is 43.0 Å². The third-order valence-electron chi connectivity index (χ3n) is 6.61. The number of rotatable bonds is 19. The minimum atomic E-state index is -1.28. The second-order valence-corrected chi connectivity index (χ2v) is 11.8. The van der Waals surface area contributed by atoms with Crippen LogP contribution in [0, 0.1) is 17.8 Å². The number of aromatic amines is 1. The molecule has 1 heterocycles. The molecule has 238 valence electrons. The number of likely N-dealkylation sites (N-methyl/N-ethyl adjacent to an activating group) is 1. The zero-order chi connectivity index (χ0) is 32.0. The highest BCUT2D eigenvalue weighted by Crippen LogP contribution is 2.13. The van der Waals surface area contributed by atoms with Crippen molar-refractivity contribution in [1.82, 2.24) is 36.6 Å². The highest BCUT2D eigenvalue weighted by atomic mass is 16.3. The van der Waals surface area contributed by atoms with Crippen LogP contribution in [0.4, 0.5) is 0 Å². The molecule has 0 aliphatic rings.